The van der Waals surface area contributed by atoms with Crippen molar-refractivity contribution < 1.29 is 76.5 Å². The van der Waals surface area contributed by atoms with Gasteiger partial charge in [-0.3, -0.25) is 14.4 Å². The highest BCUT2D eigenvalue weighted by atomic mass is 19.4. The minimum Gasteiger partial charge on any atom is -0.494 e. The van der Waals surface area contributed by atoms with E-state index in [9.17, 15) is 67.1 Å². The monoisotopic (exact) mass is 732 g/mol. The van der Waals surface area contributed by atoms with Crippen LogP contribution >= 0.6 is 0 Å². The Balaban J connectivity index is 1.89. The fourth-order valence-corrected chi connectivity index (χ4v) is 4.41. The van der Waals surface area contributed by atoms with Crippen molar-refractivity contribution in [1.82, 2.24) is 5.32 Å². The summed E-state index contributed by atoms with van der Waals surface area (Å²) in [7, 11) is 0. The van der Waals surface area contributed by atoms with Crippen molar-refractivity contribution in [3.63, 3.8) is 0 Å². The van der Waals surface area contributed by atoms with Crippen molar-refractivity contribution >= 4 is 23.3 Å². The summed E-state index contributed by atoms with van der Waals surface area (Å²) in [6.45, 7) is -0.473. The molecule has 3 aromatic rings. The standard InChI is InChI=1S/C31H24F12N2O5/c32-28(33,34)14-1-15-49-22-10-6-19(7-11-22)27(30(38,39)40,17-24(46)18-2-4-20(5-3-18)29(35,36)37)45-26(48)16-25(47)44-21-8-12-23(13-9-21)50-31(41,42)43/h2-13H,1,14-17H2,(H,44,47)(H,45,48). The van der Waals surface area contributed by atoms with E-state index in [1.807, 2.05) is 0 Å². The van der Waals surface area contributed by atoms with Gasteiger partial charge >= 0.3 is 24.9 Å². The number of halogens is 12. The first-order valence-corrected chi connectivity index (χ1v) is 14.0. The summed E-state index contributed by atoms with van der Waals surface area (Å²) in [4.78, 5) is 38.5. The lowest BCUT2D eigenvalue weighted by Gasteiger charge is -2.37. The molecule has 0 spiro atoms. The molecule has 272 valence electrons. The lowest BCUT2D eigenvalue weighted by molar-refractivity contribution is -0.274. The molecule has 0 aliphatic rings. The Morgan fingerprint density at radius 2 is 1.18 bits per heavy atom. The summed E-state index contributed by atoms with van der Waals surface area (Å²) < 4.78 is 167. The molecule has 0 saturated heterocycles. The maximum absolute atomic E-state index is 15.0. The highest BCUT2D eigenvalue weighted by molar-refractivity contribution is 6.04. The van der Waals surface area contributed by atoms with Gasteiger partial charge in [0, 0.05) is 24.1 Å². The van der Waals surface area contributed by atoms with Crippen LogP contribution in [0.4, 0.5) is 58.4 Å². The van der Waals surface area contributed by atoms with E-state index in [1.54, 1.807) is 5.32 Å². The first kappa shape index (κ1) is 39.5. The number of carbonyl (C=O) groups is 3. The van der Waals surface area contributed by atoms with Crippen molar-refractivity contribution in [1.29, 1.82) is 0 Å². The van der Waals surface area contributed by atoms with Crippen LogP contribution in [0.3, 0.4) is 0 Å². The van der Waals surface area contributed by atoms with Gasteiger partial charge in [-0.05, 0) is 60.5 Å². The van der Waals surface area contributed by atoms with Crippen LogP contribution in [-0.4, -0.2) is 42.9 Å². The number of rotatable bonds is 13. The molecule has 0 aromatic heterocycles. The Hall–Kier alpha value is -4.97. The molecule has 0 aliphatic heterocycles. The molecule has 1 atom stereocenters. The molecule has 3 aromatic carbocycles. The minimum atomic E-state index is -5.52. The van der Waals surface area contributed by atoms with Crippen molar-refractivity contribution in [3.8, 4) is 11.5 Å². The van der Waals surface area contributed by atoms with Gasteiger partial charge in [-0.15, -0.1) is 13.2 Å². The molecule has 2 amide bonds. The number of hydrogen-bond donors (Lipinski definition) is 2. The molecule has 0 saturated carbocycles. The normalized spacial score (nSPS) is 13.6. The van der Waals surface area contributed by atoms with Crippen molar-refractivity contribution in [2.75, 3.05) is 11.9 Å². The third-order valence-corrected chi connectivity index (χ3v) is 6.71. The molecule has 7 nitrogen and oxygen atoms in total. The van der Waals surface area contributed by atoms with Gasteiger partial charge in [0.2, 0.25) is 11.8 Å². The molecule has 0 bridgehead atoms. The van der Waals surface area contributed by atoms with E-state index >= 15 is 0 Å². The number of Topliss-reactive ketones (excluding diaryl/α,β-unsaturated/α-hetero) is 1. The Kier molecular flexibility index (Phi) is 12.1. The van der Waals surface area contributed by atoms with Crippen LogP contribution < -0.4 is 20.1 Å². The molecule has 2 N–H and O–H groups in total. The van der Waals surface area contributed by atoms with Gasteiger partial charge in [-0.1, -0.05) is 24.3 Å². The molecule has 0 fully saturated rings. The Labute approximate surface area is 274 Å². The van der Waals surface area contributed by atoms with Crippen LogP contribution in [0.25, 0.3) is 0 Å². The van der Waals surface area contributed by atoms with Crippen molar-refractivity contribution in [2.24, 2.45) is 0 Å². The maximum atomic E-state index is 15.0. The number of anilines is 1. The number of benzene rings is 3. The highest BCUT2D eigenvalue weighted by Crippen LogP contribution is 2.43. The third kappa shape index (κ3) is 11.6. The van der Waals surface area contributed by atoms with E-state index in [4.69, 9.17) is 4.74 Å². The average molecular weight is 733 g/mol. The zero-order chi connectivity index (χ0) is 37.5. The number of carbonyl (C=O) groups excluding carboxylic acids is 3. The van der Waals surface area contributed by atoms with Crippen LogP contribution in [0.1, 0.15) is 47.2 Å². The van der Waals surface area contributed by atoms with Gasteiger partial charge in [-0.2, -0.15) is 39.5 Å². The lowest BCUT2D eigenvalue weighted by atomic mass is 9.82. The topological polar surface area (TPSA) is 93.7 Å². The first-order valence-electron chi connectivity index (χ1n) is 14.0. The molecular weight excluding hydrogens is 708 g/mol. The predicted octanol–water partition coefficient (Wildman–Crippen LogP) is 8.50. The van der Waals surface area contributed by atoms with E-state index in [0.29, 0.717) is 24.3 Å². The quantitative estimate of drug-likeness (QED) is 0.0796. The average Bonchev–Trinajstić information content (AvgIpc) is 2.98. The lowest BCUT2D eigenvalue weighted by Crippen LogP contribution is -2.57. The van der Waals surface area contributed by atoms with Crippen LogP contribution in [-0.2, 0) is 21.3 Å². The minimum absolute atomic E-state index is 0.178. The van der Waals surface area contributed by atoms with E-state index in [0.717, 1.165) is 48.5 Å². The SMILES string of the molecule is O=C(CC(=O)NC(CC(=O)c1ccc(C(F)(F)F)cc1)(c1ccc(OCCCC(F)(F)F)cc1)C(F)(F)F)Nc1ccc(OC(F)(F)F)cc1. The molecule has 19 heteroatoms. The summed E-state index contributed by atoms with van der Waals surface area (Å²) in [6.07, 6.45) is -24.5. The Morgan fingerprint density at radius 1 is 0.640 bits per heavy atom. The second-order valence-electron chi connectivity index (χ2n) is 10.5. The van der Waals surface area contributed by atoms with Crippen molar-refractivity contribution in [2.45, 2.75) is 56.1 Å². The molecule has 0 radical (unpaired) electrons. The Bertz CT molecular complexity index is 1620. The second kappa shape index (κ2) is 15.3. The van der Waals surface area contributed by atoms with E-state index in [2.05, 4.69) is 10.1 Å². The summed E-state index contributed by atoms with van der Waals surface area (Å²) in [5.74, 6) is -5.07. The summed E-state index contributed by atoms with van der Waals surface area (Å²) in [6, 6.07) is 8.97. The van der Waals surface area contributed by atoms with Gasteiger partial charge in [0.05, 0.1) is 12.2 Å². The molecule has 3 rings (SSSR count). The number of alkyl halides is 12. The van der Waals surface area contributed by atoms with Gasteiger partial charge in [-0.25, -0.2) is 0 Å². The number of nitrogens with one attached hydrogen (secondary N) is 2. The summed E-state index contributed by atoms with van der Waals surface area (Å²) >= 11 is 0. The van der Waals surface area contributed by atoms with Crippen LogP contribution in [0, 0.1) is 0 Å². The van der Waals surface area contributed by atoms with E-state index in [1.165, 1.54) is 0 Å². The molecule has 1 unspecified atom stereocenters. The van der Waals surface area contributed by atoms with E-state index < -0.39 is 103 Å². The zero-order valence-corrected chi connectivity index (χ0v) is 25.0. The van der Waals surface area contributed by atoms with Crippen molar-refractivity contribution in [3.05, 3.63) is 89.5 Å². The number of ether oxygens (including phenoxy) is 2. The maximum Gasteiger partial charge on any atom is 0.573 e. The van der Waals surface area contributed by atoms with E-state index in [-0.39, 0.29) is 11.4 Å². The number of ketones is 1. The fraction of sp³-hybridized carbons (Fsp3) is 0.323. The Morgan fingerprint density at radius 3 is 1.68 bits per heavy atom. The molecule has 50 heavy (non-hydrogen) atoms. The third-order valence-electron chi connectivity index (χ3n) is 6.71. The summed E-state index contributed by atoms with van der Waals surface area (Å²) in [5, 5.41) is 3.72. The fourth-order valence-electron chi connectivity index (χ4n) is 4.41. The summed E-state index contributed by atoms with van der Waals surface area (Å²) in [5.41, 5.74) is -6.41. The largest absolute Gasteiger partial charge is 0.573 e. The van der Waals surface area contributed by atoms with Crippen LogP contribution in [0.2, 0.25) is 0 Å². The molecule has 0 heterocycles. The van der Waals surface area contributed by atoms with Gasteiger partial charge in [0.15, 0.2) is 11.3 Å². The first-order chi connectivity index (χ1) is 23.0. The van der Waals surface area contributed by atoms with Gasteiger partial charge in [0.1, 0.15) is 17.9 Å². The van der Waals surface area contributed by atoms with Crippen LogP contribution in [0.15, 0.2) is 72.8 Å². The van der Waals surface area contributed by atoms with Gasteiger partial charge < -0.3 is 20.1 Å². The molecule has 0 aliphatic carbocycles. The number of amides is 2. The second-order valence-corrected chi connectivity index (χ2v) is 10.5. The highest BCUT2D eigenvalue weighted by Gasteiger charge is 2.58. The molecular formula is C31H24F12N2O5. The predicted molar refractivity (Wildman–Crippen MR) is 150 cm³/mol. The zero-order valence-electron chi connectivity index (χ0n) is 25.0. The smallest absolute Gasteiger partial charge is 0.494 e. The van der Waals surface area contributed by atoms with Crippen LogP contribution in [0.5, 0.6) is 11.5 Å². The number of hydrogen-bond acceptors (Lipinski definition) is 5. The van der Waals surface area contributed by atoms with Gasteiger partial charge in [0.25, 0.3) is 0 Å².